The Kier molecular flexibility index (Phi) is 4.94. The number of benzene rings is 1. The summed E-state index contributed by atoms with van der Waals surface area (Å²) >= 11 is 6.07. The van der Waals surface area contributed by atoms with Crippen molar-refractivity contribution < 1.29 is 24.2 Å². The quantitative estimate of drug-likeness (QED) is 0.826. The largest absolute Gasteiger partial charge is 0.506 e. The second-order valence-electron chi connectivity index (χ2n) is 7.43. The maximum absolute atomic E-state index is 12.1. The number of phenols is 1. The van der Waals surface area contributed by atoms with Gasteiger partial charge in [-0.15, -0.1) is 0 Å². The number of rotatable bonds is 2. The fourth-order valence-electron chi connectivity index (χ4n) is 2.96. The van der Waals surface area contributed by atoms with Crippen LogP contribution in [0.4, 0.5) is 4.79 Å². The van der Waals surface area contributed by atoms with Crippen molar-refractivity contribution in [2.45, 2.75) is 32.9 Å². The van der Waals surface area contributed by atoms with Crippen molar-refractivity contribution in [3.63, 3.8) is 0 Å². The van der Waals surface area contributed by atoms with Crippen LogP contribution in [0.5, 0.6) is 11.5 Å². The van der Waals surface area contributed by atoms with Crippen molar-refractivity contribution in [1.29, 1.82) is 0 Å². The molecule has 0 saturated carbocycles. The van der Waals surface area contributed by atoms with Gasteiger partial charge in [-0.2, -0.15) is 0 Å². The van der Waals surface area contributed by atoms with Gasteiger partial charge in [0, 0.05) is 32.7 Å². The number of carbonyl (C=O) groups is 1. The number of phenolic OH excluding ortho intramolecular Hbond substituents is 1. The molecule has 1 saturated heterocycles. The van der Waals surface area contributed by atoms with Gasteiger partial charge < -0.3 is 24.3 Å². The molecule has 0 aliphatic carbocycles. The highest BCUT2D eigenvalue weighted by molar-refractivity contribution is 6.33. The standard InChI is InChI=1S/C18H23ClN2O5/c1-18(2,3)26-17(24)21-6-4-20(5-7-21)9-12-15(23)13(19)8-11-14(22)10-25-16(11)12/h8,10,22-23H,4-7,9H2,1-3H3. The third-order valence-corrected chi connectivity index (χ3v) is 4.56. The predicted molar refractivity (Wildman–Crippen MR) is 97.6 cm³/mol. The molecule has 3 rings (SSSR count). The molecule has 0 bridgehead atoms. The van der Waals surface area contributed by atoms with Crippen molar-refractivity contribution in [3.8, 4) is 11.5 Å². The highest BCUT2D eigenvalue weighted by Crippen LogP contribution is 2.39. The van der Waals surface area contributed by atoms with Gasteiger partial charge in [0.2, 0.25) is 0 Å². The molecule has 8 heteroatoms. The third kappa shape index (κ3) is 3.83. The Morgan fingerprint density at radius 1 is 1.27 bits per heavy atom. The van der Waals surface area contributed by atoms with Gasteiger partial charge in [0.05, 0.1) is 16.0 Å². The van der Waals surface area contributed by atoms with E-state index < -0.39 is 5.60 Å². The van der Waals surface area contributed by atoms with Crippen LogP contribution in [0.1, 0.15) is 26.3 Å². The fourth-order valence-corrected chi connectivity index (χ4v) is 3.19. The van der Waals surface area contributed by atoms with Gasteiger partial charge in [-0.05, 0) is 26.8 Å². The molecule has 0 radical (unpaired) electrons. The Labute approximate surface area is 156 Å². The third-order valence-electron chi connectivity index (χ3n) is 4.27. The van der Waals surface area contributed by atoms with Crippen molar-refractivity contribution in [3.05, 3.63) is 22.9 Å². The zero-order chi connectivity index (χ0) is 19.1. The number of carbonyl (C=O) groups excluding carboxylic acids is 1. The van der Waals surface area contributed by atoms with Gasteiger partial charge in [0.15, 0.2) is 5.75 Å². The van der Waals surface area contributed by atoms with Gasteiger partial charge in [-0.1, -0.05) is 11.6 Å². The summed E-state index contributed by atoms with van der Waals surface area (Å²) in [6.45, 7) is 8.23. The molecule has 2 N–H and O–H groups in total. The smallest absolute Gasteiger partial charge is 0.410 e. The van der Waals surface area contributed by atoms with Crippen LogP contribution in [0.15, 0.2) is 16.7 Å². The van der Waals surface area contributed by atoms with Gasteiger partial charge in [-0.3, -0.25) is 4.90 Å². The average molecular weight is 383 g/mol. The van der Waals surface area contributed by atoms with Crippen molar-refractivity contribution in [2.24, 2.45) is 0 Å². The van der Waals surface area contributed by atoms with E-state index in [1.54, 1.807) is 4.90 Å². The number of furan rings is 1. The maximum Gasteiger partial charge on any atom is 0.410 e. The molecule has 2 heterocycles. The van der Waals surface area contributed by atoms with E-state index in [9.17, 15) is 15.0 Å². The zero-order valence-corrected chi connectivity index (χ0v) is 15.8. The Hall–Kier alpha value is -2.12. The fraction of sp³-hybridized carbons (Fsp3) is 0.500. The van der Waals surface area contributed by atoms with Gasteiger partial charge in [0.1, 0.15) is 23.2 Å². The van der Waals surface area contributed by atoms with Crippen LogP contribution in [0.25, 0.3) is 11.0 Å². The minimum atomic E-state index is -0.520. The summed E-state index contributed by atoms with van der Waals surface area (Å²) in [7, 11) is 0. The predicted octanol–water partition coefficient (Wildman–Crippen LogP) is 3.55. The minimum absolute atomic E-state index is 0.0158. The van der Waals surface area contributed by atoms with E-state index in [4.69, 9.17) is 20.8 Å². The number of piperazine rings is 1. The molecule has 0 atom stereocenters. The Morgan fingerprint density at radius 2 is 1.92 bits per heavy atom. The van der Waals surface area contributed by atoms with E-state index in [-0.39, 0.29) is 22.6 Å². The van der Waals surface area contributed by atoms with Crippen molar-refractivity contribution in [1.82, 2.24) is 9.80 Å². The molecule has 1 aliphatic rings. The summed E-state index contributed by atoms with van der Waals surface area (Å²) < 4.78 is 10.8. The molecular formula is C18H23ClN2O5. The summed E-state index contributed by atoms with van der Waals surface area (Å²) in [4.78, 5) is 15.9. The Balaban J connectivity index is 1.70. The maximum atomic E-state index is 12.1. The van der Waals surface area contributed by atoms with E-state index in [1.807, 2.05) is 20.8 Å². The Bertz CT molecular complexity index is 819. The lowest BCUT2D eigenvalue weighted by Gasteiger charge is -2.35. The molecule has 1 aromatic heterocycles. The topological polar surface area (TPSA) is 86.4 Å². The van der Waals surface area contributed by atoms with Crippen LogP contribution >= 0.6 is 11.6 Å². The first kappa shape index (κ1) is 18.7. The highest BCUT2D eigenvalue weighted by atomic mass is 35.5. The van der Waals surface area contributed by atoms with Crippen LogP contribution < -0.4 is 0 Å². The number of fused-ring (bicyclic) bond motifs is 1. The Morgan fingerprint density at radius 3 is 2.54 bits per heavy atom. The second-order valence-corrected chi connectivity index (χ2v) is 7.83. The SMILES string of the molecule is CC(C)(C)OC(=O)N1CCN(Cc2c(O)c(Cl)cc3c(O)coc23)CC1. The lowest BCUT2D eigenvalue weighted by Crippen LogP contribution is -2.49. The molecule has 1 fully saturated rings. The molecule has 7 nitrogen and oxygen atoms in total. The summed E-state index contributed by atoms with van der Waals surface area (Å²) in [5, 5.41) is 20.8. The van der Waals surface area contributed by atoms with Crippen LogP contribution in [-0.2, 0) is 11.3 Å². The van der Waals surface area contributed by atoms with E-state index in [0.29, 0.717) is 49.3 Å². The normalized spacial score (nSPS) is 16.2. The second kappa shape index (κ2) is 6.89. The molecule has 0 spiro atoms. The summed E-state index contributed by atoms with van der Waals surface area (Å²) in [5.41, 5.74) is 0.422. The first-order chi connectivity index (χ1) is 12.2. The van der Waals surface area contributed by atoms with Gasteiger partial charge >= 0.3 is 6.09 Å². The number of hydrogen-bond donors (Lipinski definition) is 2. The van der Waals surface area contributed by atoms with Crippen molar-refractivity contribution >= 4 is 28.7 Å². The number of nitrogens with zero attached hydrogens (tertiary/aromatic N) is 2. The van der Waals surface area contributed by atoms with Crippen LogP contribution in [0.2, 0.25) is 5.02 Å². The van der Waals surface area contributed by atoms with Crippen LogP contribution in [0, 0.1) is 0 Å². The molecule has 1 amide bonds. The summed E-state index contributed by atoms with van der Waals surface area (Å²) in [6.07, 6.45) is 0.908. The van der Waals surface area contributed by atoms with Gasteiger partial charge in [0.25, 0.3) is 0 Å². The molecule has 1 aromatic carbocycles. The average Bonchev–Trinajstić information content (AvgIpc) is 2.91. The minimum Gasteiger partial charge on any atom is -0.506 e. The van der Waals surface area contributed by atoms with Gasteiger partial charge in [-0.25, -0.2) is 4.79 Å². The lowest BCUT2D eigenvalue weighted by molar-refractivity contribution is 0.0138. The van der Waals surface area contributed by atoms with Crippen LogP contribution in [0.3, 0.4) is 0 Å². The number of amides is 1. The monoisotopic (exact) mass is 382 g/mol. The molecular weight excluding hydrogens is 360 g/mol. The molecule has 2 aromatic rings. The zero-order valence-electron chi connectivity index (χ0n) is 15.1. The lowest BCUT2D eigenvalue weighted by atomic mass is 10.1. The summed E-state index contributed by atoms with van der Waals surface area (Å²) in [5.74, 6) is -0.0685. The number of halogens is 1. The number of hydrogen-bond acceptors (Lipinski definition) is 6. The van der Waals surface area contributed by atoms with E-state index in [1.165, 1.54) is 12.3 Å². The first-order valence-electron chi connectivity index (χ1n) is 8.46. The molecule has 0 unspecified atom stereocenters. The molecule has 26 heavy (non-hydrogen) atoms. The summed E-state index contributed by atoms with van der Waals surface area (Å²) in [6, 6.07) is 1.48. The molecule has 142 valence electrons. The van der Waals surface area contributed by atoms with E-state index in [0.717, 1.165) is 0 Å². The van der Waals surface area contributed by atoms with Crippen LogP contribution in [-0.4, -0.2) is 57.9 Å². The first-order valence-corrected chi connectivity index (χ1v) is 8.84. The number of aromatic hydroxyl groups is 2. The highest BCUT2D eigenvalue weighted by Gasteiger charge is 2.27. The van der Waals surface area contributed by atoms with E-state index >= 15 is 0 Å². The molecule has 1 aliphatic heterocycles. The number of ether oxygens (including phenoxy) is 1. The van der Waals surface area contributed by atoms with Crippen molar-refractivity contribution in [2.75, 3.05) is 26.2 Å². The van der Waals surface area contributed by atoms with E-state index in [2.05, 4.69) is 4.90 Å².